The lowest BCUT2D eigenvalue weighted by molar-refractivity contribution is 0.295. The van der Waals surface area contributed by atoms with Crippen LogP contribution in [0.1, 0.15) is 29.2 Å². The first-order valence-electron chi connectivity index (χ1n) is 11.0. The van der Waals surface area contributed by atoms with Crippen molar-refractivity contribution in [3.63, 3.8) is 0 Å². The second-order valence-corrected chi connectivity index (χ2v) is 7.58. The number of rotatable bonds is 6. The molecule has 4 aromatic rings. The fraction of sp³-hybridized carbons (Fsp3) is 0.133. The molecule has 0 aliphatic heterocycles. The summed E-state index contributed by atoms with van der Waals surface area (Å²) in [5.74, 6) is 7.70. The van der Waals surface area contributed by atoms with Gasteiger partial charge in [0.05, 0.1) is 19.2 Å². The minimum Gasteiger partial charge on any atom is -0.495 e. The number of pyridine rings is 1. The maximum Gasteiger partial charge on any atom is 0.221 e. The van der Waals surface area contributed by atoms with Crippen molar-refractivity contribution in [1.29, 1.82) is 0 Å². The molecule has 0 radical (unpaired) electrons. The third-order valence-electron chi connectivity index (χ3n) is 5.41. The van der Waals surface area contributed by atoms with E-state index in [4.69, 9.17) is 16.0 Å². The van der Waals surface area contributed by atoms with E-state index in [1.165, 1.54) is 0 Å². The van der Waals surface area contributed by atoms with Crippen molar-refractivity contribution in [3.05, 3.63) is 119 Å². The Bertz CT molecular complexity index is 1390. The molecule has 166 valence electrons. The van der Waals surface area contributed by atoms with Gasteiger partial charge in [0, 0.05) is 17.3 Å². The van der Waals surface area contributed by atoms with Gasteiger partial charge in [-0.25, -0.2) is 9.83 Å². The zero-order chi connectivity index (χ0) is 23.8. The number of hydrogen-bond acceptors (Lipinski definition) is 3. The molecule has 0 saturated heterocycles. The number of nitrogens with zero attached hydrogens (tertiary/aromatic N) is 2. The first-order chi connectivity index (χ1) is 16.7. The van der Waals surface area contributed by atoms with Gasteiger partial charge in [0.1, 0.15) is 12.4 Å². The third kappa shape index (κ3) is 5.09. The van der Waals surface area contributed by atoms with Gasteiger partial charge >= 0.3 is 0 Å². The number of aryl methyl sites for hydroxylation is 1. The van der Waals surface area contributed by atoms with Crippen molar-refractivity contribution >= 4 is 5.69 Å². The molecule has 4 nitrogen and oxygen atoms in total. The summed E-state index contributed by atoms with van der Waals surface area (Å²) in [7, 11) is 1.66. The third-order valence-corrected chi connectivity index (χ3v) is 5.41. The van der Waals surface area contributed by atoms with Gasteiger partial charge in [-0.2, -0.15) is 0 Å². The molecule has 1 aromatic heterocycles. The molecule has 0 amide bonds. The van der Waals surface area contributed by atoms with Crippen molar-refractivity contribution in [2.24, 2.45) is 0 Å². The second kappa shape index (κ2) is 10.9. The largest absolute Gasteiger partial charge is 0.495 e. The molecule has 0 spiro atoms. The molecule has 0 unspecified atom stereocenters. The smallest absolute Gasteiger partial charge is 0.221 e. The average Bonchev–Trinajstić information content (AvgIpc) is 2.91. The Hall–Kier alpha value is -4.54. The monoisotopic (exact) mass is 444 g/mol. The molecule has 0 aliphatic carbocycles. The summed E-state index contributed by atoms with van der Waals surface area (Å²) < 4.78 is 11.8. The van der Waals surface area contributed by atoms with Gasteiger partial charge in [-0.15, -0.1) is 0 Å². The molecular weight excluding hydrogens is 420 g/mol. The molecule has 0 N–H and O–H groups in total. The van der Waals surface area contributed by atoms with Crippen LogP contribution in [0.5, 0.6) is 11.6 Å². The molecule has 0 atom stereocenters. The van der Waals surface area contributed by atoms with E-state index in [0.717, 1.165) is 40.0 Å². The quantitative estimate of drug-likeness (QED) is 0.241. The molecule has 3 aromatic carbocycles. The van der Waals surface area contributed by atoms with E-state index in [1.807, 2.05) is 66.7 Å². The van der Waals surface area contributed by atoms with Crippen LogP contribution in [-0.2, 0) is 13.0 Å². The van der Waals surface area contributed by atoms with Crippen molar-refractivity contribution in [1.82, 2.24) is 4.98 Å². The lowest BCUT2D eigenvalue weighted by atomic mass is 9.97. The summed E-state index contributed by atoms with van der Waals surface area (Å²) >= 11 is 0. The Kier molecular flexibility index (Phi) is 7.23. The fourth-order valence-corrected chi connectivity index (χ4v) is 3.70. The van der Waals surface area contributed by atoms with Crippen LogP contribution in [0.15, 0.2) is 85.1 Å². The van der Waals surface area contributed by atoms with Gasteiger partial charge in [0.2, 0.25) is 11.6 Å². The summed E-state index contributed by atoms with van der Waals surface area (Å²) in [6.45, 7) is 9.91. The van der Waals surface area contributed by atoms with E-state index in [-0.39, 0.29) is 0 Å². The molecule has 0 saturated carbocycles. The minimum atomic E-state index is 0.432. The zero-order valence-corrected chi connectivity index (χ0v) is 19.2. The van der Waals surface area contributed by atoms with E-state index in [9.17, 15) is 0 Å². The van der Waals surface area contributed by atoms with Gasteiger partial charge in [-0.1, -0.05) is 73.4 Å². The van der Waals surface area contributed by atoms with Crippen molar-refractivity contribution in [2.75, 3.05) is 7.11 Å². The number of aromatic nitrogens is 1. The van der Waals surface area contributed by atoms with E-state index >= 15 is 0 Å². The van der Waals surface area contributed by atoms with Crippen LogP contribution < -0.4 is 9.47 Å². The highest BCUT2D eigenvalue weighted by molar-refractivity contribution is 5.74. The van der Waals surface area contributed by atoms with Gasteiger partial charge < -0.3 is 9.47 Å². The standard InChI is InChI=1S/C30H24N2O2/c1-4-23-19-26(27-14-10-18-32-30(27)34-21-22-11-6-5-7-12-22)20-25(29(23)33-3)17-16-24-13-8-9-15-28(24)31-2/h5-15,18-20H,4,21H2,1,3H3. The molecule has 0 fully saturated rings. The maximum atomic E-state index is 7.39. The highest BCUT2D eigenvalue weighted by atomic mass is 16.5. The Balaban J connectivity index is 1.76. The minimum absolute atomic E-state index is 0.432. The van der Waals surface area contributed by atoms with Crippen molar-refractivity contribution in [2.45, 2.75) is 20.0 Å². The normalized spacial score (nSPS) is 10.0. The predicted octanol–water partition coefficient (Wildman–Crippen LogP) is 6.85. The number of ether oxygens (including phenoxy) is 2. The molecule has 0 aliphatic rings. The molecule has 1 heterocycles. The average molecular weight is 445 g/mol. The number of methoxy groups -OCH3 is 1. The second-order valence-electron chi connectivity index (χ2n) is 7.58. The van der Waals surface area contributed by atoms with Crippen LogP contribution >= 0.6 is 0 Å². The topological polar surface area (TPSA) is 35.7 Å². The number of para-hydroxylation sites is 1. The zero-order valence-electron chi connectivity index (χ0n) is 19.2. The Morgan fingerprint density at radius 2 is 1.68 bits per heavy atom. The molecule has 4 heteroatoms. The van der Waals surface area contributed by atoms with Crippen molar-refractivity contribution in [3.8, 4) is 34.6 Å². The van der Waals surface area contributed by atoms with E-state index in [2.05, 4.69) is 34.7 Å². The molecule has 4 rings (SSSR count). The molecular formula is C30H24N2O2. The van der Waals surface area contributed by atoms with Crippen LogP contribution in [0.4, 0.5) is 5.69 Å². The van der Waals surface area contributed by atoms with Gasteiger partial charge in [0.15, 0.2) is 0 Å². The first-order valence-corrected chi connectivity index (χ1v) is 11.0. The lowest BCUT2D eigenvalue weighted by Crippen LogP contribution is -2.00. The highest BCUT2D eigenvalue weighted by Crippen LogP contribution is 2.35. The van der Waals surface area contributed by atoms with Crippen LogP contribution in [0, 0.1) is 18.4 Å². The predicted molar refractivity (Wildman–Crippen MR) is 135 cm³/mol. The Labute approximate surface area is 200 Å². The van der Waals surface area contributed by atoms with Gasteiger partial charge in [-0.05, 0) is 47.4 Å². The summed E-state index contributed by atoms with van der Waals surface area (Å²) in [5, 5.41) is 0. The van der Waals surface area contributed by atoms with E-state index < -0.39 is 0 Å². The Morgan fingerprint density at radius 1 is 0.912 bits per heavy atom. The molecule has 34 heavy (non-hydrogen) atoms. The summed E-state index contributed by atoms with van der Waals surface area (Å²) in [5.41, 5.74) is 5.95. The summed E-state index contributed by atoms with van der Waals surface area (Å²) in [4.78, 5) is 8.06. The maximum absolute atomic E-state index is 7.39. The highest BCUT2D eigenvalue weighted by Gasteiger charge is 2.14. The number of benzene rings is 3. The number of hydrogen-bond donors (Lipinski definition) is 0. The fourth-order valence-electron chi connectivity index (χ4n) is 3.70. The van der Waals surface area contributed by atoms with E-state index in [1.54, 1.807) is 19.4 Å². The van der Waals surface area contributed by atoms with Crippen LogP contribution in [0.25, 0.3) is 16.0 Å². The van der Waals surface area contributed by atoms with Crippen LogP contribution in [-0.4, -0.2) is 12.1 Å². The van der Waals surface area contributed by atoms with Crippen molar-refractivity contribution < 1.29 is 9.47 Å². The Morgan fingerprint density at radius 3 is 2.44 bits per heavy atom. The molecule has 0 bridgehead atoms. The van der Waals surface area contributed by atoms with Gasteiger partial charge in [-0.3, -0.25) is 0 Å². The SMILES string of the molecule is [C-]#[N+]c1ccccc1C#Cc1cc(-c2cccnc2OCc2ccccc2)cc(CC)c1OC. The first kappa shape index (κ1) is 22.6. The van der Waals surface area contributed by atoms with Crippen LogP contribution in [0.3, 0.4) is 0 Å². The lowest BCUT2D eigenvalue weighted by Gasteiger charge is -2.15. The van der Waals surface area contributed by atoms with E-state index in [0.29, 0.717) is 23.7 Å². The summed E-state index contributed by atoms with van der Waals surface area (Å²) in [6.07, 6.45) is 2.51. The van der Waals surface area contributed by atoms with Gasteiger partial charge in [0.25, 0.3) is 0 Å². The summed E-state index contributed by atoms with van der Waals surface area (Å²) in [6, 6.07) is 25.4. The van der Waals surface area contributed by atoms with Crippen LogP contribution in [0.2, 0.25) is 0 Å².